The lowest BCUT2D eigenvalue weighted by Gasteiger charge is -2.21. The van der Waals surface area contributed by atoms with Crippen molar-refractivity contribution in [2.24, 2.45) is 0 Å². The maximum absolute atomic E-state index is 15.3. The maximum atomic E-state index is 15.3. The highest BCUT2D eigenvalue weighted by molar-refractivity contribution is 6.50. The molecule has 2 aromatic carbocycles. The van der Waals surface area contributed by atoms with E-state index < -0.39 is 18.9 Å². The lowest BCUT2D eigenvalue weighted by molar-refractivity contribution is -0.134. The summed E-state index contributed by atoms with van der Waals surface area (Å²) in [4.78, 5) is 28.2. The van der Waals surface area contributed by atoms with Crippen LogP contribution in [0.2, 0.25) is 0 Å². The average Bonchev–Trinajstić information content (AvgIpc) is 3.50. The number of aliphatic hydroxyl groups excluding tert-OH is 1. The van der Waals surface area contributed by atoms with Crippen LogP contribution in [0.4, 0.5) is 4.39 Å². The van der Waals surface area contributed by atoms with Crippen molar-refractivity contribution < 1.29 is 23.8 Å². The Morgan fingerprint density at radius 3 is 2.08 bits per heavy atom. The molecule has 2 atom stereocenters. The standard InChI is InChI=1S/C28H26FN3O4/c1-30-27(34)25-19-13-31(22-9-4-2-7-17(19)22)11-6-12-36-24(16-33)21(29)15-32-14-20(26(25)28(30)35)18-8-3-5-10-23(18)32/h2-5,7-10,13-14,21,24,33H,6,11-12,15-16H2,1H3/t21-,24+/m0/s1. The highest BCUT2D eigenvalue weighted by Gasteiger charge is 2.40. The van der Waals surface area contributed by atoms with Crippen LogP contribution in [0.15, 0.2) is 60.9 Å². The second kappa shape index (κ2) is 8.72. The van der Waals surface area contributed by atoms with Gasteiger partial charge in [-0.15, -0.1) is 0 Å². The zero-order valence-electron chi connectivity index (χ0n) is 19.9. The molecule has 2 aliphatic rings. The molecule has 7 nitrogen and oxygen atoms in total. The van der Waals surface area contributed by atoms with Crippen molar-refractivity contribution >= 4 is 44.8 Å². The highest BCUT2D eigenvalue weighted by atomic mass is 19.1. The van der Waals surface area contributed by atoms with Crippen molar-refractivity contribution in [1.82, 2.24) is 14.0 Å². The van der Waals surface area contributed by atoms with E-state index in [2.05, 4.69) is 0 Å². The fourth-order valence-corrected chi connectivity index (χ4v) is 5.42. The van der Waals surface area contributed by atoms with Crippen LogP contribution in [0.25, 0.3) is 33.0 Å². The van der Waals surface area contributed by atoms with Gasteiger partial charge in [-0.25, -0.2) is 4.39 Å². The van der Waals surface area contributed by atoms with Crippen LogP contribution in [0.5, 0.6) is 0 Å². The van der Waals surface area contributed by atoms with Gasteiger partial charge in [-0.2, -0.15) is 0 Å². The van der Waals surface area contributed by atoms with E-state index in [0.717, 1.165) is 26.7 Å². The topological polar surface area (TPSA) is 76.7 Å². The number of hydrogen-bond donors (Lipinski definition) is 1. The smallest absolute Gasteiger partial charge is 0.261 e. The van der Waals surface area contributed by atoms with Crippen LogP contribution < -0.4 is 0 Å². The molecule has 4 heterocycles. The number of aromatic nitrogens is 2. The summed E-state index contributed by atoms with van der Waals surface area (Å²) in [5, 5.41) is 11.5. The summed E-state index contributed by atoms with van der Waals surface area (Å²) in [6.07, 6.45) is 1.83. The Balaban J connectivity index is 1.67. The molecule has 0 saturated carbocycles. The molecular formula is C28H26FN3O4. The van der Waals surface area contributed by atoms with Gasteiger partial charge in [-0.3, -0.25) is 14.5 Å². The first-order valence-electron chi connectivity index (χ1n) is 12.1. The number of carbonyl (C=O) groups excluding carboxylic acids is 2. The Kier molecular flexibility index (Phi) is 5.50. The Hall–Kier alpha value is -3.75. The van der Waals surface area contributed by atoms with Crippen LogP contribution in [-0.4, -0.2) is 63.5 Å². The van der Waals surface area contributed by atoms with Crippen molar-refractivity contribution in [2.45, 2.75) is 31.8 Å². The Morgan fingerprint density at radius 2 is 1.47 bits per heavy atom. The van der Waals surface area contributed by atoms with Gasteiger partial charge < -0.3 is 19.0 Å². The molecule has 0 unspecified atom stereocenters. The predicted molar refractivity (Wildman–Crippen MR) is 135 cm³/mol. The summed E-state index contributed by atoms with van der Waals surface area (Å²) < 4.78 is 24.9. The van der Waals surface area contributed by atoms with E-state index in [-0.39, 0.29) is 25.0 Å². The van der Waals surface area contributed by atoms with Gasteiger partial charge in [-0.1, -0.05) is 36.4 Å². The van der Waals surface area contributed by atoms with Crippen LogP contribution in [0.3, 0.4) is 0 Å². The molecule has 6 rings (SSSR count). The number of para-hydroxylation sites is 2. The number of ether oxygens (including phenoxy) is 1. The zero-order valence-corrected chi connectivity index (χ0v) is 19.9. The molecule has 0 fully saturated rings. The van der Waals surface area contributed by atoms with E-state index in [0.29, 0.717) is 35.2 Å². The molecule has 36 heavy (non-hydrogen) atoms. The van der Waals surface area contributed by atoms with Crippen LogP contribution in [-0.2, 0) is 27.4 Å². The van der Waals surface area contributed by atoms with Gasteiger partial charge in [0.2, 0.25) is 0 Å². The number of amides is 2. The second-order valence-corrected chi connectivity index (χ2v) is 9.35. The van der Waals surface area contributed by atoms with Crippen molar-refractivity contribution in [3.8, 4) is 0 Å². The molecule has 184 valence electrons. The lowest BCUT2D eigenvalue weighted by Crippen LogP contribution is -2.33. The number of halogens is 1. The monoisotopic (exact) mass is 487 g/mol. The molecule has 4 bridgehead atoms. The number of carbonyl (C=O) groups is 2. The van der Waals surface area contributed by atoms with Gasteiger partial charge >= 0.3 is 0 Å². The van der Waals surface area contributed by atoms with E-state index in [1.54, 1.807) is 10.8 Å². The number of aryl methyl sites for hydroxylation is 1. The number of hydrogen-bond acceptors (Lipinski definition) is 4. The van der Waals surface area contributed by atoms with Gasteiger partial charge in [0.15, 0.2) is 0 Å². The van der Waals surface area contributed by atoms with Crippen molar-refractivity contribution in [3.63, 3.8) is 0 Å². The first-order chi connectivity index (χ1) is 17.5. The third-order valence-corrected chi connectivity index (χ3v) is 7.23. The molecule has 4 aromatic rings. The third kappa shape index (κ3) is 3.40. The van der Waals surface area contributed by atoms with Gasteiger partial charge in [-0.05, 0) is 18.6 Å². The molecular weight excluding hydrogens is 461 g/mol. The molecule has 2 amide bonds. The second-order valence-electron chi connectivity index (χ2n) is 9.35. The van der Waals surface area contributed by atoms with Gasteiger partial charge in [0, 0.05) is 65.5 Å². The molecule has 8 heteroatoms. The molecule has 1 N–H and O–H groups in total. The Bertz CT molecular complexity index is 1550. The van der Waals surface area contributed by atoms with Gasteiger partial charge in [0.05, 0.1) is 24.3 Å². The fraction of sp³-hybridized carbons (Fsp3) is 0.286. The van der Waals surface area contributed by atoms with Crippen LogP contribution >= 0.6 is 0 Å². The normalized spacial score (nSPS) is 21.2. The average molecular weight is 488 g/mol. The number of aliphatic hydroxyl groups is 1. The van der Waals surface area contributed by atoms with E-state index in [4.69, 9.17) is 4.74 Å². The molecule has 0 aliphatic carbocycles. The van der Waals surface area contributed by atoms with E-state index in [1.807, 2.05) is 59.3 Å². The minimum absolute atomic E-state index is 0.0516. The summed E-state index contributed by atoms with van der Waals surface area (Å²) >= 11 is 0. The minimum atomic E-state index is -1.46. The van der Waals surface area contributed by atoms with E-state index >= 15 is 4.39 Å². The lowest BCUT2D eigenvalue weighted by atomic mass is 9.95. The minimum Gasteiger partial charge on any atom is -0.394 e. The van der Waals surface area contributed by atoms with Crippen molar-refractivity contribution in [3.05, 3.63) is 72.1 Å². The predicted octanol–water partition coefficient (Wildman–Crippen LogP) is 3.62. The maximum Gasteiger partial charge on any atom is 0.261 e. The van der Waals surface area contributed by atoms with Crippen molar-refractivity contribution in [1.29, 1.82) is 0 Å². The first-order valence-corrected chi connectivity index (χ1v) is 12.1. The number of benzene rings is 2. The quantitative estimate of drug-likeness (QED) is 0.416. The number of rotatable bonds is 1. The number of likely N-dealkylation sites (N-methyl/N-ethyl adjacent to an activating group) is 1. The summed E-state index contributed by atoms with van der Waals surface area (Å²) in [6, 6.07) is 15.2. The summed E-state index contributed by atoms with van der Waals surface area (Å²) in [5.41, 5.74) is 3.64. The van der Waals surface area contributed by atoms with Gasteiger partial charge in [0.25, 0.3) is 11.8 Å². The number of nitrogens with zero attached hydrogens (tertiary/aromatic N) is 3. The summed E-state index contributed by atoms with van der Waals surface area (Å²) in [7, 11) is 1.50. The van der Waals surface area contributed by atoms with E-state index in [1.165, 1.54) is 7.05 Å². The number of alkyl halides is 1. The molecule has 2 aromatic heterocycles. The van der Waals surface area contributed by atoms with Crippen molar-refractivity contribution in [2.75, 3.05) is 20.3 Å². The SMILES string of the molecule is CN1C(=O)C2=C(C1=O)c1cn(c3ccccc13)C[C@H](F)[C@@H](CO)OCCCn1cc2c2ccccc21. The van der Waals surface area contributed by atoms with Crippen LogP contribution in [0, 0.1) is 0 Å². The van der Waals surface area contributed by atoms with Crippen LogP contribution in [0.1, 0.15) is 17.5 Å². The molecule has 0 radical (unpaired) electrons. The largest absolute Gasteiger partial charge is 0.394 e. The Morgan fingerprint density at radius 1 is 0.917 bits per heavy atom. The van der Waals surface area contributed by atoms with E-state index in [9.17, 15) is 14.7 Å². The third-order valence-electron chi connectivity index (χ3n) is 7.23. The molecule has 0 saturated heterocycles. The number of fused-ring (bicyclic) bond motifs is 12. The molecule has 2 aliphatic heterocycles. The molecule has 0 spiro atoms. The zero-order chi connectivity index (χ0) is 25.0. The van der Waals surface area contributed by atoms with Gasteiger partial charge in [0.1, 0.15) is 12.3 Å². The highest BCUT2D eigenvalue weighted by Crippen LogP contribution is 2.41. The fourth-order valence-electron chi connectivity index (χ4n) is 5.42. The Labute approximate surface area is 207 Å². The summed E-state index contributed by atoms with van der Waals surface area (Å²) in [5.74, 6) is -0.737. The number of imide groups is 1. The summed E-state index contributed by atoms with van der Waals surface area (Å²) in [6.45, 7) is 0.369. The first kappa shape index (κ1) is 22.7.